The summed E-state index contributed by atoms with van der Waals surface area (Å²) in [4.78, 5) is 114. The van der Waals surface area contributed by atoms with Crippen LogP contribution in [0.2, 0.25) is 0 Å². The van der Waals surface area contributed by atoms with Crippen LogP contribution in [0.15, 0.2) is 61.8 Å². The lowest BCUT2D eigenvalue weighted by Gasteiger charge is -2.29. The van der Waals surface area contributed by atoms with E-state index in [2.05, 4.69) is 50.6 Å². The molecule has 81 heavy (non-hydrogen) atoms. The first-order valence-corrected chi connectivity index (χ1v) is 26.9. The summed E-state index contributed by atoms with van der Waals surface area (Å²) >= 11 is 0. The van der Waals surface area contributed by atoms with Crippen molar-refractivity contribution in [2.24, 2.45) is 58.7 Å². The highest BCUT2D eigenvalue weighted by molar-refractivity contribution is 5.91. The molecule has 24 nitrogen and oxygen atoms in total. The number of nitriles is 1. The van der Waals surface area contributed by atoms with E-state index in [-0.39, 0.29) is 114 Å². The molecule has 0 aromatic carbocycles. The van der Waals surface area contributed by atoms with Gasteiger partial charge in [0, 0.05) is 64.4 Å². The van der Waals surface area contributed by atoms with E-state index in [4.69, 9.17) is 56.8 Å². The van der Waals surface area contributed by atoms with Crippen molar-refractivity contribution in [3.8, 4) is 6.07 Å². The zero-order chi connectivity index (χ0) is 58.9. The van der Waals surface area contributed by atoms with Crippen LogP contribution in [0.1, 0.15) is 80.1 Å². The van der Waals surface area contributed by atoms with Gasteiger partial charge >= 0.3 is 59.7 Å². The minimum Gasteiger partial charge on any atom is -0.462 e. The van der Waals surface area contributed by atoms with Crippen LogP contribution in [0.25, 0.3) is 0 Å². The Morgan fingerprint density at radius 2 is 1.22 bits per heavy atom. The van der Waals surface area contributed by atoms with Gasteiger partial charge in [0.25, 0.3) is 0 Å². The Kier molecular flexibility index (Phi) is 16.1. The molecule has 13 rings (SSSR count). The van der Waals surface area contributed by atoms with Crippen LogP contribution in [-0.4, -0.2) is 146 Å². The molecule has 0 aromatic heterocycles. The van der Waals surface area contributed by atoms with Crippen molar-refractivity contribution in [3.05, 3.63) is 61.8 Å². The fourth-order valence-corrected chi connectivity index (χ4v) is 13.8. The number of hydrogen-bond donors (Lipinski definition) is 0. The lowest BCUT2D eigenvalue weighted by Crippen LogP contribution is -2.39. The van der Waals surface area contributed by atoms with Crippen molar-refractivity contribution in [1.29, 1.82) is 5.26 Å². The molecule has 13 aliphatic rings. The first kappa shape index (κ1) is 58.4. The number of ether oxygens (including phenoxy) is 13. The number of nitrogens with zero attached hydrogens (tertiary/aromatic N) is 1. The van der Waals surface area contributed by atoms with Crippen LogP contribution in [0, 0.1) is 70.0 Å². The van der Waals surface area contributed by atoms with Crippen LogP contribution in [0.5, 0.6) is 0 Å². The second-order valence-electron chi connectivity index (χ2n) is 23.1. The van der Waals surface area contributed by atoms with E-state index in [0.717, 1.165) is 37.8 Å². The summed E-state index contributed by atoms with van der Waals surface area (Å²) in [5.41, 5.74) is -0.0652. The summed E-state index contributed by atoms with van der Waals surface area (Å²) in [6, 6.07) is 2.11. The number of rotatable bonds is 10. The Balaban J connectivity index is 0.000000124. The second kappa shape index (κ2) is 22.3. The van der Waals surface area contributed by atoms with Crippen molar-refractivity contribution in [2.45, 2.75) is 159 Å². The lowest BCUT2D eigenvalue weighted by atomic mass is 9.74. The SMILES string of the molecule is C=C(C)C(=O)OC1C(=O)OC2C3OC(C)(C)OC3OC12.C=C(C)C(=O)OC1C2CC3C1OC(=O)C3(C#N)C2.C=C(C)C(=O)OC1C2CC3C1OC(=O)C3C2C.C=CC(=O)OC1C2CC3C(=O)OC1C3C2.C=CC(=O)OC1COC(=O)C1. The van der Waals surface area contributed by atoms with Gasteiger partial charge in [0.05, 0.1) is 24.3 Å². The van der Waals surface area contributed by atoms with Crippen LogP contribution >= 0.6 is 0 Å². The first-order valence-electron chi connectivity index (χ1n) is 26.9. The summed E-state index contributed by atoms with van der Waals surface area (Å²) in [6.07, 6.45) is 0.484. The van der Waals surface area contributed by atoms with Gasteiger partial charge in [0.15, 0.2) is 29.7 Å². The molecule has 24 heteroatoms. The summed E-state index contributed by atoms with van der Waals surface area (Å²) in [6.45, 7) is 27.6. The predicted octanol–water partition coefficient (Wildman–Crippen LogP) is 3.22. The van der Waals surface area contributed by atoms with E-state index in [1.165, 1.54) is 6.92 Å². The average Bonchev–Trinajstić information content (AvgIpc) is 4.18. The molecule has 13 fully saturated rings. The molecule has 0 N–H and O–H groups in total. The monoisotopic (exact) mass is 1130 g/mol. The van der Waals surface area contributed by atoms with E-state index in [0.29, 0.717) is 23.5 Å². The standard InChI is InChI=1S/C13H13NO4.C13H16O7.C13H16O4.C11H12O4.C7H8O4/c1-6(2)11(15)17-9-7-3-8-10(9)18-12(16)13(8,4-7)5-14;1-5(2)10(14)17-8-6-7(16-11(8)15)9-12(18-6)20-13(3,4)19-9;1-5(2)12(14)16-10-7-4-8-9(6(7)3)13(15)17-11(8)10;1-2-8(12)14-9-5-3-6-7(4-5)11(13)15-10(6)9;1-2-6(8)11-5-3-7(9)10-4-5/h7-10H,1,3-4H2,2H3;6-9,12H,1H2,2-4H3;6-11H,1,4H2,2-3H3;2,5-7,9-10H,1,3-4H2;2,5H,1,3-4H2. The predicted molar refractivity (Wildman–Crippen MR) is 266 cm³/mol. The Morgan fingerprint density at radius 3 is 1.84 bits per heavy atom. The van der Waals surface area contributed by atoms with Crippen LogP contribution < -0.4 is 0 Å². The molecule has 6 bridgehead atoms. The number of esters is 10. The maximum absolute atomic E-state index is 11.8. The van der Waals surface area contributed by atoms with Crippen LogP contribution in [0.4, 0.5) is 0 Å². The van der Waals surface area contributed by atoms with E-state index < -0.39 is 96.0 Å². The van der Waals surface area contributed by atoms with Gasteiger partial charge in [-0.25, -0.2) is 28.8 Å². The van der Waals surface area contributed by atoms with Gasteiger partial charge in [-0.1, -0.05) is 39.8 Å². The summed E-state index contributed by atoms with van der Waals surface area (Å²) in [5, 5.41) is 9.22. The Bertz CT molecular complexity index is 2790. The van der Waals surface area contributed by atoms with Gasteiger partial charge in [-0.15, -0.1) is 0 Å². The smallest absolute Gasteiger partial charge is 0.350 e. The molecule has 7 aliphatic heterocycles. The zero-order valence-corrected chi connectivity index (χ0v) is 45.6. The first-order chi connectivity index (χ1) is 38.2. The van der Waals surface area contributed by atoms with Gasteiger partial charge in [-0.2, -0.15) is 5.26 Å². The van der Waals surface area contributed by atoms with E-state index >= 15 is 0 Å². The number of hydrogen-bond acceptors (Lipinski definition) is 24. The quantitative estimate of drug-likeness (QED) is 0.172. The van der Waals surface area contributed by atoms with Gasteiger partial charge in [0.1, 0.15) is 55.4 Å². The van der Waals surface area contributed by atoms with Gasteiger partial charge in [-0.05, 0) is 72.6 Å². The molecule has 436 valence electrons. The molecule has 6 saturated carbocycles. The van der Waals surface area contributed by atoms with E-state index in [1.807, 2.05) is 0 Å². The Labute approximate surface area is 465 Å². The summed E-state index contributed by atoms with van der Waals surface area (Å²) < 4.78 is 68.3. The largest absolute Gasteiger partial charge is 0.462 e. The van der Waals surface area contributed by atoms with Gasteiger partial charge < -0.3 is 61.6 Å². The van der Waals surface area contributed by atoms with Gasteiger partial charge in [-0.3, -0.25) is 19.2 Å². The van der Waals surface area contributed by atoms with Crippen molar-refractivity contribution in [2.75, 3.05) is 6.61 Å². The highest BCUT2D eigenvalue weighted by atomic mass is 16.9. The van der Waals surface area contributed by atoms with Gasteiger partial charge in [0.2, 0.25) is 6.10 Å². The molecule has 22 atom stereocenters. The number of fused-ring (bicyclic) bond motifs is 6. The molecule has 0 aromatic rings. The maximum atomic E-state index is 11.8. The Morgan fingerprint density at radius 1 is 0.630 bits per heavy atom. The number of carbonyl (C=O) groups excluding carboxylic acids is 10. The van der Waals surface area contributed by atoms with E-state index in [1.54, 1.807) is 27.7 Å². The van der Waals surface area contributed by atoms with Crippen LogP contribution in [0.3, 0.4) is 0 Å². The third kappa shape index (κ3) is 10.8. The fourth-order valence-electron chi connectivity index (χ4n) is 13.8. The normalized spacial score (nSPS) is 40.9. The third-order valence-corrected chi connectivity index (χ3v) is 17.4. The fraction of sp³-hybridized carbons (Fsp3) is 0.632. The molecule has 0 radical (unpaired) electrons. The van der Waals surface area contributed by atoms with Crippen molar-refractivity contribution < 1.29 is 110 Å². The lowest BCUT2D eigenvalue weighted by molar-refractivity contribution is -0.216. The van der Waals surface area contributed by atoms with Crippen LogP contribution in [-0.2, 0) is 110 Å². The Hall–Kier alpha value is -7.23. The molecule has 7 saturated heterocycles. The average molecular weight is 1130 g/mol. The molecule has 0 spiro atoms. The molecule has 7 heterocycles. The molecular formula is C57H65NO23. The summed E-state index contributed by atoms with van der Waals surface area (Å²) in [5.74, 6) is -3.46. The minimum atomic E-state index is -1.11. The highest BCUT2D eigenvalue weighted by Gasteiger charge is 2.73. The number of carbonyl (C=O) groups is 10. The maximum Gasteiger partial charge on any atom is 0.350 e. The molecule has 0 amide bonds. The zero-order valence-electron chi connectivity index (χ0n) is 45.6. The van der Waals surface area contributed by atoms with Crippen molar-refractivity contribution in [3.63, 3.8) is 0 Å². The minimum absolute atomic E-state index is 0.0322. The van der Waals surface area contributed by atoms with E-state index in [9.17, 15) is 53.2 Å². The van der Waals surface area contributed by atoms with Crippen molar-refractivity contribution in [1.82, 2.24) is 0 Å². The number of cyclic esters (lactones) is 1. The molecule has 6 aliphatic carbocycles. The molecular weight excluding hydrogens is 1070 g/mol. The topological polar surface area (TPSA) is 314 Å². The third-order valence-electron chi connectivity index (χ3n) is 17.4. The summed E-state index contributed by atoms with van der Waals surface area (Å²) in [7, 11) is 0. The second-order valence-corrected chi connectivity index (χ2v) is 23.1. The highest BCUT2D eigenvalue weighted by Crippen LogP contribution is 2.62. The van der Waals surface area contributed by atoms with Crippen molar-refractivity contribution >= 4 is 59.7 Å². The molecule has 22 unspecified atom stereocenters.